The number of nitrogens with zero attached hydrogens (tertiary/aromatic N) is 1. The summed E-state index contributed by atoms with van der Waals surface area (Å²) in [7, 11) is 1.17. The fourth-order valence-electron chi connectivity index (χ4n) is 1.99. The molecule has 7 heteroatoms. The monoisotopic (exact) mass is 301 g/mol. The first-order valence-electron chi connectivity index (χ1n) is 6.14. The molecular weight excluding hydrogens is 290 g/mol. The number of benzene rings is 2. The highest BCUT2D eigenvalue weighted by molar-refractivity contribution is 6.00. The van der Waals surface area contributed by atoms with Crippen molar-refractivity contribution in [3.63, 3.8) is 0 Å². The lowest BCUT2D eigenvalue weighted by Crippen LogP contribution is -2.07. The van der Waals surface area contributed by atoms with Gasteiger partial charge in [-0.1, -0.05) is 18.2 Å². The Balaban J connectivity index is 2.64. The number of carbonyl (C=O) groups excluding carboxylic acids is 1. The number of esters is 1. The second-order valence-corrected chi connectivity index (χ2v) is 4.36. The number of carbonyl (C=O) groups is 2. The minimum atomic E-state index is -1.18. The molecule has 2 aromatic carbocycles. The Morgan fingerprint density at radius 3 is 2.50 bits per heavy atom. The molecule has 0 heterocycles. The average Bonchev–Trinajstić information content (AvgIpc) is 2.53. The van der Waals surface area contributed by atoms with Gasteiger partial charge in [-0.15, -0.1) is 0 Å². The SMILES string of the molecule is COC(=O)c1cc(C(=O)O)ccc1-c1cccc([N+](=O)[O-])c1. The van der Waals surface area contributed by atoms with Crippen LogP contribution in [0.25, 0.3) is 11.1 Å². The number of non-ortho nitro benzene ring substituents is 1. The van der Waals surface area contributed by atoms with Crippen LogP contribution < -0.4 is 0 Å². The summed E-state index contributed by atoms with van der Waals surface area (Å²) < 4.78 is 4.65. The highest BCUT2D eigenvalue weighted by Gasteiger charge is 2.18. The van der Waals surface area contributed by atoms with E-state index in [9.17, 15) is 19.7 Å². The highest BCUT2D eigenvalue weighted by atomic mass is 16.6. The molecule has 0 aromatic heterocycles. The molecule has 0 aliphatic rings. The summed E-state index contributed by atoms with van der Waals surface area (Å²) in [5.41, 5.74) is 0.611. The Morgan fingerprint density at radius 1 is 1.18 bits per heavy atom. The fourth-order valence-corrected chi connectivity index (χ4v) is 1.99. The third kappa shape index (κ3) is 2.93. The van der Waals surface area contributed by atoms with Crippen LogP contribution in [-0.4, -0.2) is 29.1 Å². The van der Waals surface area contributed by atoms with Crippen molar-refractivity contribution >= 4 is 17.6 Å². The Bertz CT molecular complexity index is 768. The molecule has 0 radical (unpaired) electrons. The molecule has 0 aliphatic carbocycles. The van der Waals surface area contributed by atoms with Crippen molar-refractivity contribution in [2.45, 2.75) is 0 Å². The van der Waals surface area contributed by atoms with Crippen molar-refractivity contribution in [1.29, 1.82) is 0 Å². The van der Waals surface area contributed by atoms with E-state index in [1.165, 1.54) is 43.5 Å². The topological polar surface area (TPSA) is 107 Å². The molecule has 0 bridgehead atoms. The number of nitro groups is 1. The number of hydrogen-bond donors (Lipinski definition) is 1. The maximum atomic E-state index is 11.9. The molecule has 2 aromatic rings. The van der Waals surface area contributed by atoms with Crippen LogP contribution in [0, 0.1) is 10.1 Å². The predicted molar refractivity (Wildman–Crippen MR) is 76.8 cm³/mol. The Labute approximate surface area is 124 Å². The Kier molecular flexibility index (Phi) is 4.17. The summed E-state index contributed by atoms with van der Waals surface area (Å²) in [4.78, 5) is 33.2. The lowest BCUT2D eigenvalue weighted by Gasteiger charge is -2.09. The molecule has 0 unspecified atom stereocenters. The number of ether oxygens (including phenoxy) is 1. The second kappa shape index (κ2) is 6.04. The molecule has 1 N–H and O–H groups in total. The molecule has 0 saturated heterocycles. The van der Waals surface area contributed by atoms with Gasteiger partial charge < -0.3 is 9.84 Å². The zero-order valence-electron chi connectivity index (χ0n) is 11.5. The lowest BCUT2D eigenvalue weighted by atomic mass is 9.97. The first-order valence-corrected chi connectivity index (χ1v) is 6.14. The first-order chi connectivity index (χ1) is 10.4. The van der Waals surface area contributed by atoms with E-state index in [0.29, 0.717) is 11.1 Å². The highest BCUT2D eigenvalue weighted by Crippen LogP contribution is 2.28. The van der Waals surface area contributed by atoms with Crippen molar-refractivity contribution in [3.8, 4) is 11.1 Å². The standard InChI is InChI=1S/C15H11NO6/c1-22-15(19)13-8-10(14(17)18)5-6-12(13)9-3-2-4-11(7-9)16(20)21/h2-8H,1H3,(H,17,18). The van der Waals surface area contributed by atoms with Crippen molar-refractivity contribution in [2.75, 3.05) is 7.11 Å². The third-order valence-electron chi connectivity index (χ3n) is 3.04. The van der Waals surface area contributed by atoms with Crippen LogP contribution in [0.15, 0.2) is 42.5 Å². The van der Waals surface area contributed by atoms with E-state index in [1.807, 2.05) is 0 Å². The van der Waals surface area contributed by atoms with E-state index in [0.717, 1.165) is 0 Å². The van der Waals surface area contributed by atoms with E-state index >= 15 is 0 Å². The van der Waals surface area contributed by atoms with Gasteiger partial charge >= 0.3 is 11.9 Å². The summed E-state index contributed by atoms with van der Waals surface area (Å²) in [6, 6.07) is 9.64. The third-order valence-corrected chi connectivity index (χ3v) is 3.04. The van der Waals surface area contributed by atoms with Crippen molar-refractivity contribution in [1.82, 2.24) is 0 Å². The number of carboxylic acid groups (broad SMARTS) is 1. The van der Waals surface area contributed by atoms with Crippen molar-refractivity contribution in [3.05, 3.63) is 63.7 Å². The van der Waals surface area contributed by atoms with Gasteiger partial charge in [0, 0.05) is 12.1 Å². The van der Waals surface area contributed by atoms with Gasteiger partial charge in [-0.2, -0.15) is 0 Å². The van der Waals surface area contributed by atoms with E-state index in [-0.39, 0.29) is 16.8 Å². The van der Waals surface area contributed by atoms with Crippen LogP contribution in [0.2, 0.25) is 0 Å². The molecule has 0 aliphatic heterocycles. The number of carboxylic acids is 1. The molecular formula is C15H11NO6. The molecule has 0 spiro atoms. The molecule has 0 fully saturated rings. The van der Waals surface area contributed by atoms with E-state index in [2.05, 4.69) is 4.74 Å². The minimum absolute atomic E-state index is 0.0305. The zero-order chi connectivity index (χ0) is 16.3. The molecule has 112 valence electrons. The molecule has 2 rings (SSSR count). The second-order valence-electron chi connectivity index (χ2n) is 4.36. The summed E-state index contributed by atoms with van der Waals surface area (Å²) >= 11 is 0. The summed E-state index contributed by atoms with van der Waals surface area (Å²) in [5, 5.41) is 19.8. The quantitative estimate of drug-likeness (QED) is 0.528. The van der Waals surface area contributed by atoms with Gasteiger partial charge in [0.05, 0.1) is 23.2 Å². The van der Waals surface area contributed by atoms with Crippen LogP contribution in [0.4, 0.5) is 5.69 Å². The number of methoxy groups -OCH3 is 1. The van der Waals surface area contributed by atoms with Crippen LogP contribution in [-0.2, 0) is 4.74 Å². The van der Waals surface area contributed by atoms with Gasteiger partial charge in [0.25, 0.3) is 5.69 Å². The van der Waals surface area contributed by atoms with Crippen molar-refractivity contribution < 1.29 is 24.4 Å². The first kappa shape index (κ1) is 15.2. The van der Waals surface area contributed by atoms with Crippen LogP contribution >= 0.6 is 0 Å². The van der Waals surface area contributed by atoms with Gasteiger partial charge in [-0.25, -0.2) is 9.59 Å². The fraction of sp³-hybridized carbons (Fsp3) is 0.0667. The average molecular weight is 301 g/mol. The number of hydrogen-bond acceptors (Lipinski definition) is 5. The molecule has 0 saturated carbocycles. The van der Waals surface area contributed by atoms with E-state index in [4.69, 9.17) is 5.11 Å². The molecule has 22 heavy (non-hydrogen) atoms. The molecule has 0 amide bonds. The Morgan fingerprint density at radius 2 is 1.91 bits per heavy atom. The van der Waals surface area contributed by atoms with Gasteiger partial charge in [-0.3, -0.25) is 10.1 Å². The summed E-state index contributed by atoms with van der Waals surface area (Å²) in [6.07, 6.45) is 0. The predicted octanol–water partition coefficient (Wildman–Crippen LogP) is 2.75. The molecule has 0 atom stereocenters. The maximum absolute atomic E-state index is 11.9. The van der Waals surface area contributed by atoms with Crippen LogP contribution in [0.3, 0.4) is 0 Å². The lowest BCUT2D eigenvalue weighted by molar-refractivity contribution is -0.384. The number of nitro benzene ring substituents is 1. The normalized spacial score (nSPS) is 10.0. The Hall–Kier alpha value is -3.22. The largest absolute Gasteiger partial charge is 0.478 e. The van der Waals surface area contributed by atoms with Crippen LogP contribution in [0.1, 0.15) is 20.7 Å². The zero-order valence-corrected chi connectivity index (χ0v) is 11.5. The smallest absolute Gasteiger partial charge is 0.338 e. The number of aromatic carboxylic acids is 1. The number of rotatable bonds is 4. The maximum Gasteiger partial charge on any atom is 0.338 e. The van der Waals surface area contributed by atoms with E-state index < -0.39 is 16.9 Å². The summed E-state index contributed by atoms with van der Waals surface area (Å²) in [5.74, 6) is -1.90. The van der Waals surface area contributed by atoms with Gasteiger partial charge in [-0.05, 0) is 23.3 Å². The van der Waals surface area contributed by atoms with Gasteiger partial charge in [0.1, 0.15) is 0 Å². The summed E-state index contributed by atoms with van der Waals surface area (Å²) in [6.45, 7) is 0. The van der Waals surface area contributed by atoms with E-state index in [1.54, 1.807) is 6.07 Å². The minimum Gasteiger partial charge on any atom is -0.478 e. The van der Waals surface area contributed by atoms with Crippen LogP contribution in [0.5, 0.6) is 0 Å². The van der Waals surface area contributed by atoms with Crippen molar-refractivity contribution in [2.24, 2.45) is 0 Å². The molecule has 7 nitrogen and oxygen atoms in total. The van der Waals surface area contributed by atoms with Gasteiger partial charge in [0.15, 0.2) is 0 Å². The van der Waals surface area contributed by atoms with Gasteiger partial charge in [0.2, 0.25) is 0 Å².